The van der Waals surface area contributed by atoms with E-state index in [-0.39, 0.29) is 17.4 Å². The Morgan fingerprint density at radius 1 is 1.45 bits per heavy atom. The second kappa shape index (κ2) is 5.70. The highest BCUT2D eigenvalue weighted by Gasteiger charge is 2.15. The number of methoxy groups -OCH3 is 1. The number of carbonyl (C=O) groups is 1. The summed E-state index contributed by atoms with van der Waals surface area (Å²) in [4.78, 5) is 15.2. The van der Waals surface area contributed by atoms with Crippen molar-refractivity contribution in [2.75, 3.05) is 19.0 Å². The molecule has 0 aliphatic rings. The molecule has 0 spiro atoms. The number of pyridine rings is 1. The van der Waals surface area contributed by atoms with Crippen molar-refractivity contribution in [1.82, 2.24) is 4.98 Å². The molecule has 0 fully saturated rings. The summed E-state index contributed by atoms with van der Waals surface area (Å²) in [5.41, 5.74) is 0.777. The summed E-state index contributed by atoms with van der Waals surface area (Å²) in [5.74, 6) is -1.51. The predicted octanol–water partition coefficient (Wildman–Crippen LogP) is 3.17. The third-order valence-corrected chi connectivity index (χ3v) is 3.79. The van der Waals surface area contributed by atoms with Crippen LogP contribution >= 0.6 is 15.9 Å². The lowest BCUT2D eigenvalue weighted by Crippen LogP contribution is -2.16. The van der Waals surface area contributed by atoms with E-state index in [1.807, 2.05) is 0 Å². The van der Waals surface area contributed by atoms with Crippen LogP contribution in [0.15, 0.2) is 16.6 Å². The van der Waals surface area contributed by atoms with E-state index >= 15 is 0 Å². The van der Waals surface area contributed by atoms with Gasteiger partial charge in [-0.15, -0.1) is 0 Å². The van der Waals surface area contributed by atoms with Gasteiger partial charge in [0.1, 0.15) is 24.0 Å². The molecule has 4 nitrogen and oxygen atoms in total. The molecule has 0 aliphatic carbocycles. The van der Waals surface area contributed by atoms with Gasteiger partial charge in [0.25, 0.3) is 0 Å². The standard InChI is InChI=1S/C13H11BrF2N2O2/c1-6-12(14)11-8(16)3-7(15)4-9(11)18-13(6)17-5-10(19)20-2/h3-4H,5H2,1-2H3,(H,17,18). The molecule has 0 amide bonds. The smallest absolute Gasteiger partial charge is 0.325 e. The number of nitrogens with one attached hydrogen (secondary N) is 1. The number of esters is 1. The van der Waals surface area contributed by atoms with E-state index in [0.29, 0.717) is 15.9 Å². The van der Waals surface area contributed by atoms with Crippen LogP contribution in [-0.2, 0) is 9.53 Å². The van der Waals surface area contributed by atoms with Crippen molar-refractivity contribution in [3.8, 4) is 0 Å². The highest BCUT2D eigenvalue weighted by atomic mass is 79.9. The van der Waals surface area contributed by atoms with E-state index in [9.17, 15) is 13.6 Å². The number of anilines is 1. The Labute approximate surface area is 122 Å². The molecule has 20 heavy (non-hydrogen) atoms. The number of hydrogen-bond donors (Lipinski definition) is 1. The fourth-order valence-corrected chi connectivity index (χ4v) is 2.34. The summed E-state index contributed by atoms with van der Waals surface area (Å²) >= 11 is 3.27. The van der Waals surface area contributed by atoms with Crippen molar-refractivity contribution in [2.45, 2.75) is 6.92 Å². The Bertz CT molecular complexity index is 692. The van der Waals surface area contributed by atoms with Gasteiger partial charge in [-0.1, -0.05) is 0 Å². The molecule has 1 aromatic heterocycles. The first-order valence-corrected chi connectivity index (χ1v) is 6.49. The summed E-state index contributed by atoms with van der Waals surface area (Å²) in [5, 5.41) is 2.98. The Morgan fingerprint density at radius 2 is 2.15 bits per heavy atom. The van der Waals surface area contributed by atoms with Gasteiger partial charge >= 0.3 is 5.97 Å². The van der Waals surface area contributed by atoms with Gasteiger partial charge in [0.05, 0.1) is 18.0 Å². The summed E-state index contributed by atoms with van der Waals surface area (Å²) in [6.45, 7) is 1.62. The Hall–Kier alpha value is -1.76. The number of fused-ring (bicyclic) bond motifs is 1. The van der Waals surface area contributed by atoms with Gasteiger partial charge in [-0.25, -0.2) is 13.8 Å². The maximum absolute atomic E-state index is 13.8. The highest BCUT2D eigenvalue weighted by molar-refractivity contribution is 9.10. The molecule has 7 heteroatoms. The van der Waals surface area contributed by atoms with E-state index < -0.39 is 17.6 Å². The number of halogens is 3. The Morgan fingerprint density at radius 3 is 2.80 bits per heavy atom. The molecule has 0 atom stereocenters. The number of hydrogen-bond acceptors (Lipinski definition) is 4. The molecule has 1 aromatic carbocycles. The van der Waals surface area contributed by atoms with Crippen molar-refractivity contribution < 1.29 is 18.3 Å². The first-order chi connectivity index (χ1) is 9.43. The van der Waals surface area contributed by atoms with Crippen molar-refractivity contribution in [2.24, 2.45) is 0 Å². The molecule has 106 valence electrons. The summed E-state index contributed by atoms with van der Waals surface area (Å²) in [6, 6.07) is 1.93. The third kappa shape index (κ3) is 2.72. The largest absolute Gasteiger partial charge is 0.468 e. The van der Waals surface area contributed by atoms with Crippen LogP contribution in [0.3, 0.4) is 0 Å². The maximum atomic E-state index is 13.8. The van der Waals surface area contributed by atoms with Crippen molar-refractivity contribution in [3.63, 3.8) is 0 Å². The highest BCUT2D eigenvalue weighted by Crippen LogP contribution is 2.32. The number of aromatic nitrogens is 1. The second-order valence-electron chi connectivity index (χ2n) is 4.11. The van der Waals surface area contributed by atoms with Crippen LogP contribution in [0.25, 0.3) is 10.9 Å². The zero-order chi connectivity index (χ0) is 14.9. The van der Waals surface area contributed by atoms with E-state index in [1.54, 1.807) is 6.92 Å². The quantitative estimate of drug-likeness (QED) is 0.869. The second-order valence-corrected chi connectivity index (χ2v) is 4.90. The van der Waals surface area contributed by atoms with Crippen LogP contribution in [0.4, 0.5) is 14.6 Å². The van der Waals surface area contributed by atoms with E-state index in [4.69, 9.17) is 0 Å². The van der Waals surface area contributed by atoms with Crippen LogP contribution in [0.1, 0.15) is 5.56 Å². The van der Waals surface area contributed by atoms with Gasteiger partial charge in [0.15, 0.2) is 0 Å². The molecule has 0 unspecified atom stereocenters. The molecule has 2 aromatic rings. The Kier molecular flexibility index (Phi) is 4.17. The van der Waals surface area contributed by atoms with Crippen molar-refractivity contribution in [3.05, 3.63) is 33.8 Å². The zero-order valence-corrected chi connectivity index (χ0v) is 12.3. The summed E-state index contributed by atoms with van der Waals surface area (Å²) in [6.07, 6.45) is 0. The van der Waals surface area contributed by atoms with Gasteiger partial charge in [-0.2, -0.15) is 0 Å². The lowest BCUT2D eigenvalue weighted by Gasteiger charge is -2.12. The van der Waals surface area contributed by atoms with Crippen LogP contribution in [0.5, 0.6) is 0 Å². The minimum Gasteiger partial charge on any atom is -0.468 e. The molecule has 1 N–H and O–H groups in total. The lowest BCUT2D eigenvalue weighted by atomic mass is 10.1. The van der Waals surface area contributed by atoms with E-state index in [2.05, 4.69) is 31.0 Å². The van der Waals surface area contributed by atoms with Gasteiger partial charge in [-0.05, 0) is 22.9 Å². The summed E-state index contributed by atoms with van der Waals surface area (Å²) in [7, 11) is 1.27. The molecule has 2 rings (SSSR count). The predicted molar refractivity (Wildman–Crippen MR) is 74.6 cm³/mol. The van der Waals surface area contributed by atoms with E-state index in [0.717, 1.165) is 12.1 Å². The van der Waals surface area contributed by atoms with Crippen LogP contribution in [0, 0.1) is 18.6 Å². The van der Waals surface area contributed by atoms with Crippen LogP contribution in [0.2, 0.25) is 0 Å². The molecular formula is C13H11BrF2N2O2. The molecule has 0 bridgehead atoms. The number of benzene rings is 1. The number of nitrogens with zero attached hydrogens (tertiary/aromatic N) is 1. The number of ether oxygens (including phenoxy) is 1. The topological polar surface area (TPSA) is 51.2 Å². The van der Waals surface area contributed by atoms with Gasteiger partial charge in [0.2, 0.25) is 0 Å². The molecule has 0 radical (unpaired) electrons. The first kappa shape index (κ1) is 14.6. The minimum absolute atomic E-state index is 0.0832. The third-order valence-electron chi connectivity index (χ3n) is 2.80. The lowest BCUT2D eigenvalue weighted by molar-refractivity contribution is -0.138. The average molecular weight is 345 g/mol. The van der Waals surface area contributed by atoms with Crippen LogP contribution in [-0.4, -0.2) is 24.6 Å². The molecule has 1 heterocycles. The fraction of sp³-hybridized carbons (Fsp3) is 0.231. The van der Waals surface area contributed by atoms with Gasteiger partial charge in [0, 0.05) is 22.2 Å². The maximum Gasteiger partial charge on any atom is 0.325 e. The number of rotatable bonds is 3. The molecule has 0 saturated carbocycles. The monoisotopic (exact) mass is 344 g/mol. The van der Waals surface area contributed by atoms with Crippen molar-refractivity contribution >= 4 is 38.6 Å². The average Bonchev–Trinajstić information content (AvgIpc) is 2.39. The van der Waals surface area contributed by atoms with Crippen molar-refractivity contribution in [1.29, 1.82) is 0 Å². The molecular weight excluding hydrogens is 334 g/mol. The molecule has 0 saturated heterocycles. The SMILES string of the molecule is COC(=O)CNc1nc2cc(F)cc(F)c2c(Br)c1C. The molecule has 0 aliphatic heterocycles. The normalized spacial score (nSPS) is 10.7. The van der Waals surface area contributed by atoms with Crippen LogP contribution < -0.4 is 5.32 Å². The minimum atomic E-state index is -0.711. The van der Waals surface area contributed by atoms with Gasteiger partial charge in [-0.3, -0.25) is 4.79 Å². The number of carbonyl (C=O) groups excluding carboxylic acids is 1. The Balaban J connectivity index is 2.52. The summed E-state index contributed by atoms with van der Waals surface area (Å²) < 4.78 is 32.0. The zero-order valence-electron chi connectivity index (χ0n) is 10.8. The van der Waals surface area contributed by atoms with Gasteiger partial charge < -0.3 is 10.1 Å². The first-order valence-electron chi connectivity index (χ1n) is 5.69. The van der Waals surface area contributed by atoms with E-state index in [1.165, 1.54) is 7.11 Å². The fourth-order valence-electron chi connectivity index (χ4n) is 1.76.